The number of aromatic hydroxyl groups is 1. The van der Waals surface area contributed by atoms with Crippen LogP contribution in [0, 0.1) is 23.2 Å². The van der Waals surface area contributed by atoms with Crippen LogP contribution in [0.4, 0.5) is 13.2 Å². The Kier molecular flexibility index (Phi) is 4.64. The first kappa shape index (κ1) is 19.6. The maximum Gasteiger partial charge on any atom is 0.422 e. The van der Waals surface area contributed by atoms with Crippen LogP contribution in [0.1, 0.15) is 49.7 Å². The van der Waals surface area contributed by atoms with Crippen molar-refractivity contribution in [3.05, 3.63) is 29.3 Å². The molecular weight excluding hydrogens is 373 g/mol. The predicted molar refractivity (Wildman–Crippen MR) is 94.6 cm³/mol. The molecule has 28 heavy (non-hydrogen) atoms. The zero-order chi connectivity index (χ0) is 20.3. The Morgan fingerprint density at radius 1 is 1.32 bits per heavy atom. The van der Waals surface area contributed by atoms with Gasteiger partial charge in [-0.15, -0.1) is 0 Å². The Balaban J connectivity index is 1.55. The van der Waals surface area contributed by atoms with E-state index in [-0.39, 0.29) is 17.6 Å². The van der Waals surface area contributed by atoms with E-state index in [1.54, 1.807) is 12.1 Å². The minimum absolute atomic E-state index is 0.0617. The maximum absolute atomic E-state index is 12.4. The molecule has 0 bridgehead atoms. The Morgan fingerprint density at radius 3 is 2.79 bits per heavy atom. The standard InChI is InChI=1S/C21H25F3O4/c1-20-7-6-14-13-5-3-12(25)8-11(13)2-4-15(14)17(20)9-16(18(20)26)19(27)28-10-21(22,23)24/h3,5,8,14-18,25-26H,2,4,6-7,9-10H2,1H3/t14-,15-,16+,17+,18+,20+/m1/s1. The van der Waals surface area contributed by atoms with Crippen molar-refractivity contribution < 1.29 is 32.9 Å². The molecule has 3 aliphatic carbocycles. The van der Waals surface area contributed by atoms with Crippen LogP contribution in [0.25, 0.3) is 0 Å². The fourth-order valence-corrected chi connectivity index (χ4v) is 6.07. The average molecular weight is 398 g/mol. The third-order valence-electron chi connectivity index (χ3n) is 7.39. The number of carbonyl (C=O) groups excluding carboxylic acids is 1. The summed E-state index contributed by atoms with van der Waals surface area (Å²) < 4.78 is 41.7. The molecule has 6 atom stereocenters. The highest BCUT2D eigenvalue weighted by Crippen LogP contribution is 2.62. The number of esters is 1. The van der Waals surface area contributed by atoms with E-state index in [0.717, 1.165) is 24.8 Å². The topological polar surface area (TPSA) is 66.8 Å². The third kappa shape index (κ3) is 3.17. The van der Waals surface area contributed by atoms with Crippen molar-refractivity contribution in [2.45, 2.75) is 57.2 Å². The smallest absolute Gasteiger partial charge is 0.422 e. The van der Waals surface area contributed by atoms with E-state index in [9.17, 15) is 28.2 Å². The highest BCUT2D eigenvalue weighted by Gasteiger charge is 2.60. The number of aryl methyl sites for hydroxylation is 1. The molecule has 0 aliphatic heterocycles. The number of aliphatic hydroxyl groups excluding tert-OH is 1. The highest BCUT2D eigenvalue weighted by atomic mass is 19.4. The summed E-state index contributed by atoms with van der Waals surface area (Å²) in [7, 11) is 0. The maximum atomic E-state index is 12.4. The molecule has 2 fully saturated rings. The Bertz CT molecular complexity index is 777. The number of halogens is 3. The van der Waals surface area contributed by atoms with Gasteiger partial charge in [0.05, 0.1) is 12.0 Å². The lowest BCUT2D eigenvalue weighted by Crippen LogP contribution is -2.45. The zero-order valence-corrected chi connectivity index (χ0v) is 15.7. The van der Waals surface area contributed by atoms with Crippen LogP contribution in [-0.2, 0) is 16.0 Å². The minimum Gasteiger partial charge on any atom is -0.508 e. The van der Waals surface area contributed by atoms with Crippen LogP contribution in [0.5, 0.6) is 5.75 Å². The van der Waals surface area contributed by atoms with Gasteiger partial charge < -0.3 is 14.9 Å². The lowest BCUT2D eigenvalue weighted by molar-refractivity contribution is -0.191. The monoisotopic (exact) mass is 398 g/mol. The number of phenolic OH excluding ortho intramolecular Hbond substituents is 1. The molecule has 0 heterocycles. The largest absolute Gasteiger partial charge is 0.508 e. The van der Waals surface area contributed by atoms with Gasteiger partial charge in [0.15, 0.2) is 6.61 Å². The van der Waals surface area contributed by atoms with Gasteiger partial charge in [0.25, 0.3) is 0 Å². The summed E-state index contributed by atoms with van der Waals surface area (Å²) in [4.78, 5) is 12.3. The van der Waals surface area contributed by atoms with Crippen LogP contribution < -0.4 is 0 Å². The zero-order valence-electron chi connectivity index (χ0n) is 15.7. The number of benzene rings is 1. The number of alkyl halides is 3. The number of rotatable bonds is 2. The molecule has 0 saturated heterocycles. The third-order valence-corrected chi connectivity index (χ3v) is 7.39. The van der Waals surface area contributed by atoms with Gasteiger partial charge in [-0.1, -0.05) is 13.0 Å². The molecule has 1 aromatic rings. The molecule has 0 amide bonds. The lowest BCUT2D eigenvalue weighted by Gasteiger charge is -2.50. The Hall–Kier alpha value is -1.76. The number of aliphatic hydroxyl groups is 1. The highest BCUT2D eigenvalue weighted by molar-refractivity contribution is 5.74. The van der Waals surface area contributed by atoms with Gasteiger partial charge in [-0.25, -0.2) is 0 Å². The summed E-state index contributed by atoms with van der Waals surface area (Å²) in [5.41, 5.74) is 1.87. The van der Waals surface area contributed by atoms with Gasteiger partial charge in [-0.2, -0.15) is 13.2 Å². The van der Waals surface area contributed by atoms with E-state index in [1.165, 1.54) is 5.56 Å². The quantitative estimate of drug-likeness (QED) is 0.741. The minimum atomic E-state index is -4.57. The van der Waals surface area contributed by atoms with Crippen molar-refractivity contribution in [3.8, 4) is 5.75 Å². The first-order chi connectivity index (χ1) is 13.1. The molecule has 2 N–H and O–H groups in total. The second kappa shape index (κ2) is 6.65. The number of ether oxygens (including phenoxy) is 1. The number of fused-ring (bicyclic) bond motifs is 5. The van der Waals surface area contributed by atoms with Crippen molar-refractivity contribution in [3.63, 3.8) is 0 Å². The summed E-state index contributed by atoms with van der Waals surface area (Å²) in [5.74, 6) is -0.978. The van der Waals surface area contributed by atoms with Crippen molar-refractivity contribution in [1.82, 2.24) is 0 Å². The average Bonchev–Trinajstić information content (AvgIpc) is 2.90. The molecule has 154 valence electrons. The number of phenols is 1. The Labute approximate surface area is 161 Å². The molecule has 0 aromatic heterocycles. The SMILES string of the molecule is C[C@]12CC[C@@H]3c4ccc(O)cc4CC[C@H]3[C@@H]1C[C@H](C(=O)OCC(F)(F)F)[C@@H]2O. The first-order valence-corrected chi connectivity index (χ1v) is 9.83. The fourth-order valence-electron chi connectivity index (χ4n) is 6.07. The second-order valence-electron chi connectivity index (χ2n) is 8.85. The molecule has 0 spiro atoms. The predicted octanol–water partition coefficient (Wildman–Crippen LogP) is 3.94. The molecule has 7 heteroatoms. The van der Waals surface area contributed by atoms with E-state index in [1.807, 2.05) is 13.0 Å². The van der Waals surface area contributed by atoms with Crippen molar-refractivity contribution >= 4 is 5.97 Å². The van der Waals surface area contributed by atoms with Crippen LogP contribution in [-0.4, -0.2) is 35.1 Å². The molecule has 3 aliphatic rings. The van der Waals surface area contributed by atoms with Crippen molar-refractivity contribution in [1.29, 1.82) is 0 Å². The van der Waals surface area contributed by atoms with Gasteiger partial charge in [-0.05, 0) is 78.5 Å². The van der Waals surface area contributed by atoms with E-state index in [2.05, 4.69) is 4.74 Å². The van der Waals surface area contributed by atoms with Crippen LogP contribution in [0.3, 0.4) is 0 Å². The molecule has 4 rings (SSSR count). The first-order valence-electron chi connectivity index (χ1n) is 9.83. The van der Waals surface area contributed by atoms with Gasteiger partial charge in [-0.3, -0.25) is 4.79 Å². The van der Waals surface area contributed by atoms with Gasteiger partial charge in [0.2, 0.25) is 0 Å². The van der Waals surface area contributed by atoms with Crippen molar-refractivity contribution in [2.24, 2.45) is 23.2 Å². The molecule has 0 radical (unpaired) electrons. The molecule has 2 saturated carbocycles. The summed E-state index contributed by atoms with van der Waals surface area (Å²) in [6.07, 6.45) is -1.92. The number of hydrogen-bond donors (Lipinski definition) is 2. The van der Waals surface area contributed by atoms with E-state index < -0.39 is 36.2 Å². The number of carbonyl (C=O) groups is 1. The van der Waals surface area contributed by atoms with Gasteiger partial charge in [0.1, 0.15) is 5.75 Å². The molecule has 0 unspecified atom stereocenters. The van der Waals surface area contributed by atoms with Crippen LogP contribution in [0.15, 0.2) is 18.2 Å². The number of hydrogen-bond acceptors (Lipinski definition) is 4. The molecule has 1 aromatic carbocycles. The molecular formula is C21H25F3O4. The molecule has 4 nitrogen and oxygen atoms in total. The van der Waals surface area contributed by atoms with E-state index in [4.69, 9.17) is 0 Å². The summed E-state index contributed by atoms with van der Waals surface area (Å²) in [5, 5.41) is 20.6. The lowest BCUT2D eigenvalue weighted by atomic mass is 9.55. The Morgan fingerprint density at radius 2 is 2.07 bits per heavy atom. The van der Waals surface area contributed by atoms with Gasteiger partial charge in [0, 0.05) is 0 Å². The summed E-state index contributed by atoms with van der Waals surface area (Å²) in [6, 6.07) is 5.46. The summed E-state index contributed by atoms with van der Waals surface area (Å²) in [6.45, 7) is 0.348. The normalized spacial score (nSPS) is 37.0. The fraction of sp³-hybridized carbons (Fsp3) is 0.667. The van der Waals surface area contributed by atoms with Crippen LogP contribution in [0.2, 0.25) is 0 Å². The summed E-state index contributed by atoms with van der Waals surface area (Å²) >= 11 is 0. The van der Waals surface area contributed by atoms with Crippen molar-refractivity contribution in [2.75, 3.05) is 6.61 Å². The van der Waals surface area contributed by atoms with Crippen LogP contribution >= 0.6 is 0 Å². The second-order valence-corrected chi connectivity index (χ2v) is 8.85. The van der Waals surface area contributed by atoms with Gasteiger partial charge >= 0.3 is 12.1 Å². The van der Waals surface area contributed by atoms with E-state index >= 15 is 0 Å². The van der Waals surface area contributed by atoms with E-state index in [0.29, 0.717) is 18.8 Å².